The molecule has 5 N–H and O–H groups in total. The van der Waals surface area contributed by atoms with Gasteiger partial charge in [0.05, 0.1) is 11.7 Å². The van der Waals surface area contributed by atoms with Crippen LogP contribution in [0.1, 0.15) is 43.4 Å². The van der Waals surface area contributed by atoms with E-state index in [1.165, 1.54) is 6.21 Å². The Balaban J connectivity index is 1.88. The van der Waals surface area contributed by atoms with Crippen LogP contribution in [0.3, 0.4) is 0 Å². The first-order valence-corrected chi connectivity index (χ1v) is 9.37. The molecule has 1 aromatic carbocycles. The molecule has 7 nitrogen and oxygen atoms in total. The minimum absolute atomic E-state index is 0.0478. The molecule has 1 aliphatic heterocycles. The predicted molar refractivity (Wildman–Crippen MR) is 110 cm³/mol. The van der Waals surface area contributed by atoms with Crippen LogP contribution in [-0.4, -0.2) is 30.3 Å². The van der Waals surface area contributed by atoms with Crippen LogP contribution in [0.2, 0.25) is 0 Å². The number of carbonyl (C=O) groups is 1. The molecule has 7 heteroatoms. The van der Waals surface area contributed by atoms with Gasteiger partial charge in [-0.3, -0.25) is 5.32 Å². The molecule has 0 radical (unpaired) electrons. The maximum Gasteiger partial charge on any atom is 0.320 e. The average molecular weight is 366 g/mol. The van der Waals surface area contributed by atoms with Crippen molar-refractivity contribution in [2.45, 2.75) is 32.2 Å². The smallest absolute Gasteiger partial charge is 0.320 e. The Morgan fingerprint density at radius 2 is 2.11 bits per heavy atom. The lowest BCUT2D eigenvalue weighted by Crippen LogP contribution is -2.33. The number of benzene rings is 1. The first kappa shape index (κ1) is 18.7. The van der Waals surface area contributed by atoms with Gasteiger partial charge < -0.3 is 21.4 Å². The highest BCUT2D eigenvalue weighted by molar-refractivity contribution is 5.95. The first-order chi connectivity index (χ1) is 13.2. The first-order valence-electron chi connectivity index (χ1n) is 9.37. The van der Waals surface area contributed by atoms with E-state index >= 15 is 0 Å². The zero-order valence-electron chi connectivity index (χ0n) is 15.5. The molecular weight excluding hydrogens is 340 g/mol. The van der Waals surface area contributed by atoms with Crippen LogP contribution >= 0.6 is 0 Å². The van der Waals surface area contributed by atoms with Crippen molar-refractivity contribution in [3.63, 3.8) is 0 Å². The summed E-state index contributed by atoms with van der Waals surface area (Å²) in [6, 6.07) is 11.4. The van der Waals surface area contributed by atoms with Crippen LogP contribution in [0.25, 0.3) is 0 Å². The van der Waals surface area contributed by atoms with E-state index in [-0.39, 0.29) is 12.1 Å². The summed E-state index contributed by atoms with van der Waals surface area (Å²) in [5, 5.41) is 20.2. The molecule has 1 aromatic heterocycles. The van der Waals surface area contributed by atoms with E-state index < -0.39 is 0 Å². The van der Waals surface area contributed by atoms with Crippen LogP contribution in [0, 0.1) is 5.41 Å². The molecular formula is C20H26N6O. The van der Waals surface area contributed by atoms with Gasteiger partial charge in [0.1, 0.15) is 5.82 Å². The minimum atomic E-state index is -0.296. The average Bonchev–Trinajstić information content (AvgIpc) is 2.68. The molecule has 142 valence electrons. The summed E-state index contributed by atoms with van der Waals surface area (Å²) in [5.41, 5.74) is 2.56. The number of hydrogen-bond acceptors (Lipinski definition) is 5. The Kier molecular flexibility index (Phi) is 6.25. The number of carbonyl (C=O) groups excluding carboxylic acids is 1. The van der Waals surface area contributed by atoms with E-state index in [9.17, 15) is 4.79 Å². The van der Waals surface area contributed by atoms with Crippen molar-refractivity contribution >= 4 is 29.6 Å². The van der Waals surface area contributed by atoms with Gasteiger partial charge >= 0.3 is 6.03 Å². The van der Waals surface area contributed by atoms with Crippen LogP contribution in [0.5, 0.6) is 0 Å². The lowest BCUT2D eigenvalue weighted by atomic mass is 10.0. The highest BCUT2D eigenvalue weighted by Crippen LogP contribution is 2.27. The van der Waals surface area contributed by atoms with Gasteiger partial charge in [0, 0.05) is 24.9 Å². The molecule has 1 unspecified atom stereocenters. The van der Waals surface area contributed by atoms with Gasteiger partial charge in [-0.25, -0.2) is 9.78 Å². The van der Waals surface area contributed by atoms with Crippen LogP contribution < -0.4 is 21.3 Å². The van der Waals surface area contributed by atoms with Crippen molar-refractivity contribution < 1.29 is 4.79 Å². The van der Waals surface area contributed by atoms with Crippen molar-refractivity contribution in [3.05, 3.63) is 47.5 Å². The number of fused-ring (bicyclic) bond motifs is 2. The van der Waals surface area contributed by atoms with Crippen molar-refractivity contribution in [2.75, 3.05) is 29.0 Å². The zero-order chi connectivity index (χ0) is 19.1. The molecule has 1 aliphatic rings. The van der Waals surface area contributed by atoms with Gasteiger partial charge in [-0.05, 0) is 37.8 Å². The quantitative estimate of drug-likeness (QED) is 0.528. The highest BCUT2D eigenvalue weighted by atomic mass is 16.2. The molecule has 2 bridgehead atoms. The van der Waals surface area contributed by atoms with Gasteiger partial charge in [-0.2, -0.15) is 0 Å². The van der Waals surface area contributed by atoms with E-state index in [2.05, 4.69) is 26.3 Å². The van der Waals surface area contributed by atoms with Gasteiger partial charge in [0.15, 0.2) is 5.82 Å². The second-order valence-electron chi connectivity index (χ2n) is 6.48. The number of aromatic nitrogens is 1. The minimum Gasteiger partial charge on any atom is -0.382 e. The third-order valence-corrected chi connectivity index (χ3v) is 4.52. The lowest BCUT2D eigenvalue weighted by molar-refractivity contribution is 0.247. The fourth-order valence-electron chi connectivity index (χ4n) is 3.23. The zero-order valence-corrected chi connectivity index (χ0v) is 15.5. The second-order valence-corrected chi connectivity index (χ2v) is 6.48. The van der Waals surface area contributed by atoms with Gasteiger partial charge in [0.25, 0.3) is 0 Å². The SMILES string of the molecule is CCNc1c(C=N)cc2nc1NCCCCC(c1ccccc1)NC(=O)N2. The summed E-state index contributed by atoms with van der Waals surface area (Å²) in [4.78, 5) is 17.1. The number of amides is 2. The summed E-state index contributed by atoms with van der Waals surface area (Å²) in [7, 11) is 0. The van der Waals surface area contributed by atoms with Gasteiger partial charge in [-0.1, -0.05) is 30.3 Å². The third-order valence-electron chi connectivity index (χ3n) is 4.52. The summed E-state index contributed by atoms with van der Waals surface area (Å²) in [5.74, 6) is 1.08. The van der Waals surface area contributed by atoms with Crippen molar-refractivity contribution in [1.82, 2.24) is 10.3 Å². The van der Waals surface area contributed by atoms with Crippen molar-refractivity contribution in [3.8, 4) is 0 Å². The Morgan fingerprint density at radius 3 is 2.85 bits per heavy atom. The van der Waals surface area contributed by atoms with Gasteiger partial charge in [0.2, 0.25) is 0 Å². The fraction of sp³-hybridized carbons (Fsp3) is 0.350. The Morgan fingerprint density at radius 1 is 1.30 bits per heavy atom. The second kappa shape index (κ2) is 9.02. The molecule has 27 heavy (non-hydrogen) atoms. The topological polar surface area (TPSA) is 102 Å². The largest absolute Gasteiger partial charge is 0.382 e. The maximum atomic E-state index is 12.5. The Hall–Kier alpha value is -3.09. The van der Waals surface area contributed by atoms with E-state index in [4.69, 9.17) is 5.41 Å². The molecule has 0 spiro atoms. The normalized spacial score (nSPS) is 17.4. The van der Waals surface area contributed by atoms with E-state index in [0.29, 0.717) is 17.2 Å². The molecule has 3 rings (SSSR count). The summed E-state index contributed by atoms with van der Waals surface area (Å²) in [6.07, 6.45) is 4.07. The molecule has 2 amide bonds. The van der Waals surface area contributed by atoms with Gasteiger partial charge in [-0.15, -0.1) is 0 Å². The highest BCUT2D eigenvalue weighted by Gasteiger charge is 2.17. The predicted octanol–water partition coefficient (Wildman–Crippen LogP) is 3.97. The van der Waals surface area contributed by atoms with E-state index in [1.54, 1.807) is 6.07 Å². The number of rotatable bonds is 4. The molecule has 2 aromatic rings. The monoisotopic (exact) mass is 366 g/mol. The standard InChI is InChI=1S/C20H26N6O/c1-2-22-18-15(13-21)12-17-25-19(18)23-11-7-6-10-16(24-20(27)26-17)14-8-4-3-5-9-14/h3-5,8-9,12-13,16,21-22H,2,6-7,10-11H2,1H3,(H3,23,24,25,26,27). The number of hydrogen-bond donors (Lipinski definition) is 5. The molecule has 0 aliphatic carbocycles. The number of pyridine rings is 1. The number of urea groups is 1. The molecule has 0 fully saturated rings. The van der Waals surface area contributed by atoms with Crippen molar-refractivity contribution in [1.29, 1.82) is 5.41 Å². The molecule has 1 atom stereocenters. The van der Waals surface area contributed by atoms with Crippen LogP contribution in [-0.2, 0) is 0 Å². The molecule has 2 heterocycles. The lowest BCUT2D eigenvalue weighted by Gasteiger charge is -2.22. The number of nitrogens with one attached hydrogen (secondary N) is 5. The van der Waals surface area contributed by atoms with E-state index in [0.717, 1.165) is 43.6 Å². The van der Waals surface area contributed by atoms with E-state index in [1.807, 2.05) is 37.3 Å². The van der Waals surface area contributed by atoms with Crippen molar-refractivity contribution in [2.24, 2.45) is 0 Å². The van der Waals surface area contributed by atoms with Crippen LogP contribution in [0.4, 0.5) is 22.1 Å². The molecule has 0 saturated heterocycles. The summed E-state index contributed by atoms with van der Waals surface area (Å²) >= 11 is 0. The van der Waals surface area contributed by atoms with Crippen LogP contribution in [0.15, 0.2) is 36.4 Å². The number of nitrogens with zero attached hydrogens (tertiary/aromatic N) is 1. The maximum absolute atomic E-state index is 12.5. The third kappa shape index (κ3) is 4.75. The summed E-state index contributed by atoms with van der Waals surface area (Å²) in [6.45, 7) is 3.50. The Bertz CT molecular complexity index is 793. The Labute approximate surface area is 159 Å². The molecule has 0 saturated carbocycles. The summed E-state index contributed by atoms with van der Waals surface area (Å²) < 4.78 is 0. The number of anilines is 3. The fourth-order valence-corrected chi connectivity index (χ4v) is 3.23.